The Morgan fingerprint density at radius 2 is 1.80 bits per heavy atom. The van der Waals surface area contributed by atoms with Gasteiger partial charge in [0.15, 0.2) is 0 Å². The Bertz CT molecular complexity index is 990. The van der Waals surface area contributed by atoms with Crippen molar-refractivity contribution in [3.05, 3.63) is 67.7 Å². The molecular weight excluding hydrogens is 433 g/mol. The molecule has 0 saturated carbocycles. The molecule has 1 heterocycles. The summed E-state index contributed by atoms with van der Waals surface area (Å²) < 4.78 is 4.91. The van der Waals surface area contributed by atoms with Crippen molar-refractivity contribution in [2.45, 2.75) is 6.92 Å². The number of esters is 1. The third kappa shape index (κ3) is 4.66. The zero-order valence-corrected chi connectivity index (χ0v) is 17.7. The Morgan fingerprint density at radius 1 is 1.10 bits per heavy atom. The molecular formula is C20H19Cl2N3O5. The Morgan fingerprint density at radius 3 is 2.43 bits per heavy atom. The van der Waals surface area contributed by atoms with E-state index in [1.807, 2.05) is 4.90 Å². The number of ether oxygens (including phenoxy) is 1. The maximum Gasteiger partial charge on any atom is 0.338 e. The van der Waals surface area contributed by atoms with Gasteiger partial charge >= 0.3 is 5.97 Å². The monoisotopic (exact) mass is 451 g/mol. The van der Waals surface area contributed by atoms with E-state index in [2.05, 4.69) is 0 Å². The van der Waals surface area contributed by atoms with Gasteiger partial charge in [-0.25, -0.2) is 4.79 Å². The van der Waals surface area contributed by atoms with Gasteiger partial charge in [-0.1, -0.05) is 23.2 Å². The summed E-state index contributed by atoms with van der Waals surface area (Å²) in [6.07, 6.45) is 0. The Hall–Kier alpha value is -2.84. The van der Waals surface area contributed by atoms with Crippen LogP contribution in [0.1, 0.15) is 27.6 Å². The molecule has 2 aromatic carbocycles. The maximum atomic E-state index is 12.8. The number of hydrogen-bond donors (Lipinski definition) is 0. The first-order chi connectivity index (χ1) is 14.3. The fourth-order valence-corrected chi connectivity index (χ4v) is 3.63. The molecule has 2 aromatic rings. The zero-order valence-electron chi connectivity index (χ0n) is 16.1. The minimum absolute atomic E-state index is 0.122. The highest BCUT2D eigenvalue weighted by Gasteiger charge is 2.28. The molecule has 10 heteroatoms. The van der Waals surface area contributed by atoms with E-state index in [1.54, 1.807) is 24.0 Å². The van der Waals surface area contributed by atoms with Gasteiger partial charge in [0, 0.05) is 37.3 Å². The first kappa shape index (κ1) is 21.9. The van der Waals surface area contributed by atoms with E-state index in [1.165, 1.54) is 24.3 Å². The van der Waals surface area contributed by atoms with Crippen LogP contribution in [-0.2, 0) is 4.74 Å². The van der Waals surface area contributed by atoms with Crippen LogP contribution in [0.2, 0.25) is 10.0 Å². The quantitative estimate of drug-likeness (QED) is 0.386. The third-order valence-corrected chi connectivity index (χ3v) is 5.31. The second kappa shape index (κ2) is 9.32. The molecule has 3 rings (SSSR count). The average molecular weight is 452 g/mol. The predicted octanol–water partition coefficient (Wildman–Crippen LogP) is 4.04. The first-order valence-corrected chi connectivity index (χ1v) is 10.0. The van der Waals surface area contributed by atoms with E-state index in [9.17, 15) is 19.7 Å². The summed E-state index contributed by atoms with van der Waals surface area (Å²) in [6, 6.07) is 8.97. The van der Waals surface area contributed by atoms with Gasteiger partial charge < -0.3 is 14.5 Å². The van der Waals surface area contributed by atoms with Gasteiger partial charge in [0.2, 0.25) is 0 Å². The number of carbonyl (C=O) groups excluding carboxylic acids is 2. The zero-order chi connectivity index (χ0) is 21.8. The van der Waals surface area contributed by atoms with Crippen molar-refractivity contribution in [1.29, 1.82) is 0 Å². The number of nitro benzene ring substituents is 1. The molecule has 0 aliphatic carbocycles. The van der Waals surface area contributed by atoms with Crippen LogP contribution in [0.5, 0.6) is 0 Å². The molecule has 8 nitrogen and oxygen atoms in total. The van der Waals surface area contributed by atoms with Crippen LogP contribution < -0.4 is 4.90 Å². The molecule has 158 valence electrons. The van der Waals surface area contributed by atoms with E-state index in [-0.39, 0.29) is 23.8 Å². The van der Waals surface area contributed by atoms with Crippen LogP contribution in [0.15, 0.2) is 36.4 Å². The second-order valence-electron chi connectivity index (χ2n) is 6.58. The number of nitrogens with zero attached hydrogens (tertiary/aromatic N) is 3. The van der Waals surface area contributed by atoms with Gasteiger partial charge in [-0.15, -0.1) is 0 Å². The Kier molecular flexibility index (Phi) is 6.79. The molecule has 0 bridgehead atoms. The second-order valence-corrected chi connectivity index (χ2v) is 7.43. The summed E-state index contributed by atoms with van der Waals surface area (Å²) in [6.45, 7) is 3.35. The smallest absolute Gasteiger partial charge is 0.338 e. The number of nitro groups is 1. The Labute approximate surface area is 183 Å². The Balaban J connectivity index is 1.76. The largest absolute Gasteiger partial charge is 0.462 e. The molecule has 0 spiro atoms. The van der Waals surface area contributed by atoms with Gasteiger partial charge in [-0.05, 0) is 37.3 Å². The van der Waals surface area contributed by atoms with Gasteiger partial charge in [0.25, 0.3) is 11.6 Å². The minimum Gasteiger partial charge on any atom is -0.462 e. The summed E-state index contributed by atoms with van der Waals surface area (Å²) >= 11 is 12.1. The van der Waals surface area contributed by atoms with Crippen molar-refractivity contribution in [2.75, 3.05) is 37.7 Å². The number of amides is 1. The van der Waals surface area contributed by atoms with Crippen LogP contribution in [0.4, 0.5) is 11.4 Å². The first-order valence-electron chi connectivity index (χ1n) is 9.26. The van der Waals surface area contributed by atoms with Crippen molar-refractivity contribution in [1.82, 2.24) is 4.90 Å². The molecule has 0 unspecified atom stereocenters. The van der Waals surface area contributed by atoms with Crippen molar-refractivity contribution >= 4 is 46.5 Å². The number of benzene rings is 2. The molecule has 0 atom stereocenters. The summed E-state index contributed by atoms with van der Waals surface area (Å²) in [7, 11) is 0. The van der Waals surface area contributed by atoms with Crippen LogP contribution in [0, 0.1) is 10.1 Å². The van der Waals surface area contributed by atoms with Crippen LogP contribution in [0.3, 0.4) is 0 Å². The van der Waals surface area contributed by atoms with Crippen LogP contribution >= 0.6 is 23.2 Å². The molecule has 0 aromatic heterocycles. The fourth-order valence-electron chi connectivity index (χ4n) is 3.26. The van der Waals surface area contributed by atoms with Crippen LogP contribution in [-0.4, -0.2) is 54.5 Å². The molecule has 1 aliphatic heterocycles. The van der Waals surface area contributed by atoms with Gasteiger partial charge in [0.1, 0.15) is 5.69 Å². The van der Waals surface area contributed by atoms with E-state index < -0.39 is 10.9 Å². The van der Waals surface area contributed by atoms with Crippen LogP contribution in [0.25, 0.3) is 0 Å². The standard InChI is InChI=1S/C20H19Cl2N3O5/c1-2-30-20(27)13-3-6-17(18(11-13)25(28)29)23-7-9-24(10-8-23)19(26)15-12-14(21)4-5-16(15)22/h3-6,11-12H,2,7-10H2,1H3. The predicted molar refractivity (Wildman–Crippen MR) is 114 cm³/mol. The number of hydrogen-bond acceptors (Lipinski definition) is 6. The lowest BCUT2D eigenvalue weighted by molar-refractivity contribution is -0.384. The fraction of sp³-hybridized carbons (Fsp3) is 0.300. The van der Waals surface area contributed by atoms with Gasteiger partial charge in [-0.2, -0.15) is 0 Å². The number of rotatable bonds is 5. The normalized spacial score (nSPS) is 13.8. The molecule has 1 fully saturated rings. The average Bonchev–Trinajstić information content (AvgIpc) is 2.74. The van der Waals surface area contributed by atoms with Gasteiger partial charge in [0.05, 0.1) is 27.7 Å². The number of piperazine rings is 1. The topological polar surface area (TPSA) is 93.0 Å². The molecule has 1 amide bonds. The highest BCUT2D eigenvalue weighted by molar-refractivity contribution is 6.35. The molecule has 0 radical (unpaired) electrons. The lowest BCUT2D eigenvalue weighted by Gasteiger charge is -2.36. The summed E-state index contributed by atoms with van der Waals surface area (Å²) in [4.78, 5) is 39.1. The third-order valence-electron chi connectivity index (χ3n) is 4.75. The molecule has 0 N–H and O–H groups in total. The summed E-state index contributed by atoms with van der Waals surface area (Å²) in [5.41, 5.74) is 0.651. The molecule has 1 saturated heterocycles. The number of carbonyl (C=O) groups is 2. The SMILES string of the molecule is CCOC(=O)c1ccc(N2CCN(C(=O)c3cc(Cl)ccc3Cl)CC2)c([N+](=O)[O-])c1. The van der Waals surface area contributed by atoms with Crippen molar-refractivity contribution < 1.29 is 19.2 Å². The summed E-state index contributed by atoms with van der Waals surface area (Å²) in [5.74, 6) is -0.852. The van der Waals surface area contributed by atoms with E-state index in [4.69, 9.17) is 27.9 Å². The minimum atomic E-state index is -0.610. The highest BCUT2D eigenvalue weighted by atomic mass is 35.5. The van der Waals surface area contributed by atoms with Gasteiger partial charge in [-0.3, -0.25) is 14.9 Å². The number of halogens is 2. The number of anilines is 1. The van der Waals surface area contributed by atoms with Crippen molar-refractivity contribution in [2.24, 2.45) is 0 Å². The van der Waals surface area contributed by atoms with Crippen molar-refractivity contribution in [3.63, 3.8) is 0 Å². The highest BCUT2D eigenvalue weighted by Crippen LogP contribution is 2.31. The van der Waals surface area contributed by atoms with E-state index in [0.29, 0.717) is 47.5 Å². The lowest BCUT2D eigenvalue weighted by Crippen LogP contribution is -2.49. The lowest BCUT2D eigenvalue weighted by atomic mass is 10.1. The molecule has 1 aliphatic rings. The summed E-state index contributed by atoms with van der Waals surface area (Å²) in [5, 5.41) is 12.3. The molecule has 30 heavy (non-hydrogen) atoms. The maximum absolute atomic E-state index is 12.8. The van der Waals surface area contributed by atoms with E-state index >= 15 is 0 Å². The van der Waals surface area contributed by atoms with E-state index in [0.717, 1.165) is 0 Å². The van der Waals surface area contributed by atoms with Crippen molar-refractivity contribution in [3.8, 4) is 0 Å².